The summed E-state index contributed by atoms with van der Waals surface area (Å²) in [5.74, 6) is 0. The van der Waals surface area contributed by atoms with E-state index in [1.54, 1.807) is 0 Å². The number of nitrogens with one attached hydrogen (secondary N) is 1. The third kappa shape index (κ3) is 3.50. The second-order valence-electron chi connectivity index (χ2n) is 8.90. The van der Waals surface area contributed by atoms with Crippen LogP contribution in [0.5, 0.6) is 0 Å². The van der Waals surface area contributed by atoms with Gasteiger partial charge in [0.25, 0.3) is 0 Å². The molecule has 2 nitrogen and oxygen atoms in total. The van der Waals surface area contributed by atoms with Gasteiger partial charge in [-0.15, -0.1) is 0 Å². The summed E-state index contributed by atoms with van der Waals surface area (Å²) in [6.07, 6.45) is 14.8. The fourth-order valence-electron chi connectivity index (χ4n) is 4.39. The van der Waals surface area contributed by atoms with Gasteiger partial charge in [0.2, 0.25) is 5.69 Å². The molecule has 0 fully saturated rings. The number of hydrogen-bond donors (Lipinski definition) is 1. The minimum absolute atomic E-state index is 0.00231. The maximum atomic E-state index is 3.55. The predicted octanol–water partition coefficient (Wildman–Crippen LogP) is 6.81. The highest BCUT2D eigenvalue weighted by molar-refractivity contribution is 7.08. The fraction of sp³-hybridized carbons (Fsp3) is 0.222. The zero-order valence-electron chi connectivity index (χ0n) is 18.2. The first-order valence-corrected chi connectivity index (χ1v) is 11.0. The summed E-state index contributed by atoms with van der Waals surface area (Å²) in [6, 6.07) is 17.1. The number of rotatable bonds is 4. The van der Waals surface area contributed by atoms with Gasteiger partial charge in [0, 0.05) is 34.5 Å². The third-order valence-corrected chi connectivity index (χ3v) is 6.80. The van der Waals surface area contributed by atoms with Crippen LogP contribution in [0.25, 0.3) is 0 Å². The van der Waals surface area contributed by atoms with Crippen LogP contribution in [0.3, 0.4) is 0 Å². The van der Waals surface area contributed by atoms with Crippen molar-refractivity contribution in [1.82, 2.24) is 0 Å². The van der Waals surface area contributed by atoms with Gasteiger partial charge < -0.3 is 5.32 Å². The quantitative estimate of drug-likeness (QED) is 0.430. The molecule has 0 amide bonds. The van der Waals surface area contributed by atoms with Crippen molar-refractivity contribution in [3.63, 3.8) is 0 Å². The van der Waals surface area contributed by atoms with Gasteiger partial charge in [0.1, 0.15) is 0 Å². The summed E-state index contributed by atoms with van der Waals surface area (Å²) in [5.41, 5.74) is 7.69. The summed E-state index contributed by atoms with van der Waals surface area (Å²) >= 11 is 0. The summed E-state index contributed by atoms with van der Waals surface area (Å²) in [5, 5.41) is 3.55. The molecule has 1 N–H and O–H groups in total. The summed E-state index contributed by atoms with van der Waals surface area (Å²) in [4.78, 5) is 0. The lowest BCUT2D eigenvalue weighted by atomic mass is 9.81. The highest BCUT2D eigenvalue weighted by atomic mass is 31.0. The van der Waals surface area contributed by atoms with E-state index in [2.05, 4.69) is 138 Å². The molecule has 0 spiro atoms. The van der Waals surface area contributed by atoms with Crippen LogP contribution in [-0.2, 0) is 10.8 Å². The standard InChI is InChI=1S/C27H29N2P/c1-26(2)20-14-10-12-16-22(20)28-24(26)18-8-6-5-7-9-19-25-27(3,4)21-15-11-13-17-23(21)29(25)30/h5-19H,30H2,1-4H3/p+1. The third-order valence-electron chi connectivity index (χ3n) is 6.24. The molecule has 0 saturated carbocycles. The molecule has 2 aromatic carbocycles. The van der Waals surface area contributed by atoms with E-state index in [-0.39, 0.29) is 10.8 Å². The number of para-hydroxylation sites is 2. The predicted molar refractivity (Wildman–Crippen MR) is 133 cm³/mol. The number of fused-ring (bicyclic) bond motifs is 2. The first-order chi connectivity index (χ1) is 14.3. The maximum absolute atomic E-state index is 3.55. The van der Waals surface area contributed by atoms with E-state index in [9.17, 15) is 0 Å². The highest BCUT2D eigenvalue weighted by Crippen LogP contribution is 2.43. The first kappa shape index (κ1) is 20.6. The maximum Gasteiger partial charge on any atom is 0.210 e. The summed E-state index contributed by atoms with van der Waals surface area (Å²) in [6.45, 7) is 9.08. The molecule has 2 aliphatic heterocycles. The van der Waals surface area contributed by atoms with Gasteiger partial charge in [-0.05, 0) is 31.6 Å². The van der Waals surface area contributed by atoms with Gasteiger partial charge in [0.05, 0.1) is 5.41 Å². The van der Waals surface area contributed by atoms with Crippen LogP contribution in [0.1, 0.15) is 38.8 Å². The van der Waals surface area contributed by atoms with Crippen LogP contribution in [-0.4, -0.2) is 10.1 Å². The van der Waals surface area contributed by atoms with Gasteiger partial charge in [-0.1, -0.05) is 80.6 Å². The number of anilines is 1. The van der Waals surface area contributed by atoms with Gasteiger partial charge in [-0.25, -0.2) is 0 Å². The van der Waals surface area contributed by atoms with E-state index in [0.717, 1.165) is 0 Å². The van der Waals surface area contributed by atoms with E-state index < -0.39 is 0 Å². The van der Waals surface area contributed by atoms with Crippen LogP contribution < -0.4 is 5.32 Å². The van der Waals surface area contributed by atoms with Crippen molar-refractivity contribution in [1.29, 1.82) is 0 Å². The lowest BCUT2D eigenvalue weighted by Gasteiger charge is -2.19. The van der Waals surface area contributed by atoms with Crippen LogP contribution in [0.2, 0.25) is 0 Å². The van der Waals surface area contributed by atoms with Crippen LogP contribution in [0, 0.1) is 0 Å². The molecule has 4 rings (SSSR count). The highest BCUT2D eigenvalue weighted by Gasteiger charge is 2.42. The second-order valence-corrected chi connectivity index (χ2v) is 9.42. The van der Waals surface area contributed by atoms with E-state index in [4.69, 9.17) is 0 Å². The monoisotopic (exact) mass is 413 g/mol. The Labute approximate surface area is 182 Å². The van der Waals surface area contributed by atoms with Crippen molar-refractivity contribution >= 4 is 26.5 Å². The zero-order chi connectivity index (χ0) is 21.4. The molecule has 0 aliphatic carbocycles. The Balaban J connectivity index is 1.43. The summed E-state index contributed by atoms with van der Waals surface area (Å²) in [7, 11) is 2.85. The molecule has 1 unspecified atom stereocenters. The first-order valence-electron chi connectivity index (χ1n) is 10.4. The Morgan fingerprint density at radius 1 is 0.767 bits per heavy atom. The Hall–Kier alpha value is -2.70. The number of hydrogen-bond acceptors (Lipinski definition) is 1. The SMILES string of the molecule is CC1(C)C(/C=C/C=C/C=C/C=C2\Nc3ccccc3C2(C)C)=[N+](P)c2ccccc21. The summed E-state index contributed by atoms with van der Waals surface area (Å²) < 4.78 is 2.21. The van der Waals surface area contributed by atoms with Gasteiger partial charge in [-0.3, -0.25) is 0 Å². The Kier molecular flexibility index (Phi) is 5.38. The lowest BCUT2D eigenvalue weighted by molar-refractivity contribution is -0.239. The molecule has 1 atom stereocenters. The molecule has 2 heterocycles. The molecule has 0 aromatic heterocycles. The molecule has 0 bridgehead atoms. The number of allylic oxidation sites excluding steroid dienone is 8. The number of benzene rings is 2. The van der Waals surface area contributed by atoms with Crippen molar-refractivity contribution in [3.8, 4) is 0 Å². The minimum atomic E-state index is -0.00231. The van der Waals surface area contributed by atoms with E-state index in [1.165, 1.54) is 33.9 Å². The van der Waals surface area contributed by atoms with E-state index >= 15 is 0 Å². The number of nitrogens with zero attached hydrogens (tertiary/aromatic N) is 1. The van der Waals surface area contributed by atoms with Crippen LogP contribution in [0.4, 0.5) is 11.4 Å². The van der Waals surface area contributed by atoms with Gasteiger partial charge >= 0.3 is 0 Å². The molecule has 152 valence electrons. The molecule has 0 saturated heterocycles. The minimum Gasteiger partial charge on any atom is -0.358 e. The van der Waals surface area contributed by atoms with Crippen molar-refractivity contribution in [3.05, 3.63) is 108 Å². The zero-order valence-corrected chi connectivity index (χ0v) is 19.3. The van der Waals surface area contributed by atoms with Gasteiger partial charge in [-0.2, -0.15) is 4.35 Å². The van der Waals surface area contributed by atoms with Crippen LogP contribution >= 0.6 is 9.39 Å². The molecular formula is C27H30N2P+. The Morgan fingerprint density at radius 2 is 1.40 bits per heavy atom. The Morgan fingerprint density at radius 3 is 2.13 bits per heavy atom. The van der Waals surface area contributed by atoms with Crippen molar-refractivity contribution < 1.29 is 4.35 Å². The van der Waals surface area contributed by atoms with Crippen LogP contribution in [0.15, 0.2) is 96.8 Å². The molecule has 0 radical (unpaired) electrons. The molecule has 2 aliphatic rings. The smallest absolute Gasteiger partial charge is 0.210 e. The normalized spacial score (nSPS) is 20.5. The molecule has 2 aromatic rings. The van der Waals surface area contributed by atoms with Crippen molar-refractivity contribution in [2.75, 3.05) is 5.32 Å². The molecular weight excluding hydrogens is 383 g/mol. The second kappa shape index (κ2) is 7.85. The molecule has 3 heteroatoms. The van der Waals surface area contributed by atoms with Crippen molar-refractivity contribution in [2.24, 2.45) is 0 Å². The van der Waals surface area contributed by atoms with E-state index in [1.807, 2.05) is 0 Å². The Bertz CT molecular complexity index is 1130. The molecule has 30 heavy (non-hydrogen) atoms. The van der Waals surface area contributed by atoms with Crippen molar-refractivity contribution in [2.45, 2.75) is 38.5 Å². The topological polar surface area (TPSA) is 15.0 Å². The average molecular weight is 414 g/mol. The van der Waals surface area contributed by atoms with E-state index in [0.29, 0.717) is 0 Å². The lowest BCUT2D eigenvalue weighted by Crippen LogP contribution is -2.25. The largest absolute Gasteiger partial charge is 0.358 e. The average Bonchev–Trinajstić information content (AvgIpc) is 3.10. The van der Waals surface area contributed by atoms with Gasteiger partial charge in [0.15, 0.2) is 15.1 Å². The fourth-order valence-corrected chi connectivity index (χ4v) is 5.03.